The average molecular weight is 183 g/mol. The molecule has 0 saturated carbocycles. The number of oxazole rings is 1. The van der Waals surface area contributed by atoms with Crippen LogP contribution in [0.2, 0.25) is 0 Å². The van der Waals surface area contributed by atoms with Gasteiger partial charge in [-0.15, -0.1) is 0 Å². The molecule has 0 atom stereocenters. The van der Waals surface area contributed by atoms with E-state index in [1.807, 2.05) is 24.3 Å². The number of hydrogen-bond acceptors (Lipinski definition) is 2. The van der Waals surface area contributed by atoms with Crippen molar-refractivity contribution in [3.8, 4) is 0 Å². The first kappa shape index (κ1) is 7.32. The third kappa shape index (κ3) is 1.06. The van der Waals surface area contributed by atoms with Gasteiger partial charge in [0.25, 0.3) is 0 Å². The number of fused-ring (bicyclic) bond motifs is 1. The Kier molecular flexibility index (Phi) is 2.09. The van der Waals surface area contributed by atoms with E-state index in [0.29, 0.717) is 0 Å². The van der Waals surface area contributed by atoms with Crippen LogP contribution in [0, 0.1) is 0 Å². The molecule has 0 aliphatic heterocycles. The van der Waals surface area contributed by atoms with Gasteiger partial charge in [0, 0.05) is 17.1 Å². The molecule has 10 heavy (non-hydrogen) atoms. The van der Waals surface area contributed by atoms with Crippen LogP contribution in [0.15, 0.2) is 35.1 Å². The summed E-state index contributed by atoms with van der Waals surface area (Å²) < 4.78 is 5.01. The molecule has 1 aromatic heterocycles. The van der Waals surface area contributed by atoms with Crippen LogP contribution in [0.1, 0.15) is 0 Å². The Balaban J connectivity index is 0.000000500. The summed E-state index contributed by atoms with van der Waals surface area (Å²) in [5.41, 5.74) is 1.76. The number of benzene rings is 1. The average Bonchev–Trinajstić information content (AvgIpc) is 2.33. The van der Waals surface area contributed by atoms with E-state index in [2.05, 4.69) is 4.98 Å². The van der Waals surface area contributed by atoms with Crippen LogP contribution in [0.4, 0.5) is 0 Å². The van der Waals surface area contributed by atoms with Crippen LogP contribution >= 0.6 is 0 Å². The normalized spacial score (nSPS) is 9.20. The number of para-hydroxylation sites is 2. The van der Waals surface area contributed by atoms with Gasteiger partial charge in [0.1, 0.15) is 5.52 Å². The molecule has 3 heteroatoms. The van der Waals surface area contributed by atoms with Crippen LogP contribution in [0.5, 0.6) is 0 Å². The smallest absolute Gasteiger partial charge is 0.181 e. The van der Waals surface area contributed by atoms with Crippen molar-refractivity contribution in [1.29, 1.82) is 0 Å². The fraction of sp³-hybridized carbons (Fsp3) is 0. The molecule has 0 amide bonds. The molecule has 0 aliphatic carbocycles. The largest absolute Gasteiger partial charge is 0.443 e. The second kappa shape index (κ2) is 2.86. The van der Waals surface area contributed by atoms with Gasteiger partial charge in [-0.2, -0.15) is 0 Å². The van der Waals surface area contributed by atoms with Crippen molar-refractivity contribution in [2.75, 3.05) is 0 Å². The Morgan fingerprint density at radius 1 is 1.20 bits per heavy atom. The van der Waals surface area contributed by atoms with Crippen molar-refractivity contribution in [3.05, 3.63) is 30.7 Å². The van der Waals surface area contributed by atoms with Gasteiger partial charge in [-0.05, 0) is 12.1 Å². The monoisotopic (exact) mass is 182 g/mol. The fourth-order valence-corrected chi connectivity index (χ4v) is 0.803. The maximum atomic E-state index is 5.01. The summed E-state index contributed by atoms with van der Waals surface area (Å²) in [5.74, 6) is 0. The van der Waals surface area contributed by atoms with Crippen molar-refractivity contribution >= 4 is 11.1 Å². The summed E-state index contributed by atoms with van der Waals surface area (Å²) in [6.07, 6.45) is 1.45. The van der Waals surface area contributed by atoms with Gasteiger partial charge in [-0.25, -0.2) is 4.98 Å². The maximum Gasteiger partial charge on any atom is 0.181 e. The molecule has 2 nitrogen and oxygen atoms in total. The molecule has 1 radical (unpaired) electrons. The fourth-order valence-electron chi connectivity index (χ4n) is 0.803. The number of rotatable bonds is 0. The first-order chi connectivity index (χ1) is 4.47. The van der Waals surface area contributed by atoms with Gasteiger partial charge in [0.05, 0.1) is 0 Å². The molecule has 2 rings (SSSR count). The first-order valence-electron chi connectivity index (χ1n) is 2.75. The van der Waals surface area contributed by atoms with E-state index in [1.165, 1.54) is 6.39 Å². The molecule has 0 fully saturated rings. The Morgan fingerprint density at radius 2 is 2.00 bits per heavy atom. The summed E-state index contributed by atoms with van der Waals surface area (Å²) in [4.78, 5) is 3.95. The van der Waals surface area contributed by atoms with Crippen molar-refractivity contribution in [2.45, 2.75) is 0 Å². The molecular weight excluding hydrogens is 178 g/mol. The summed E-state index contributed by atoms with van der Waals surface area (Å²) in [6, 6.07) is 7.67. The summed E-state index contributed by atoms with van der Waals surface area (Å²) in [6.45, 7) is 0. The van der Waals surface area contributed by atoms with Gasteiger partial charge < -0.3 is 4.42 Å². The zero-order valence-corrected chi connectivity index (χ0v) is 5.99. The molecule has 0 saturated heterocycles. The van der Waals surface area contributed by atoms with Crippen LogP contribution in [0.25, 0.3) is 11.1 Å². The molecule has 0 N–H and O–H groups in total. The third-order valence-electron chi connectivity index (χ3n) is 1.24. The maximum absolute atomic E-state index is 5.01. The van der Waals surface area contributed by atoms with E-state index in [0.717, 1.165) is 11.1 Å². The molecule has 0 unspecified atom stereocenters. The van der Waals surface area contributed by atoms with E-state index in [-0.39, 0.29) is 17.1 Å². The van der Waals surface area contributed by atoms with E-state index in [9.17, 15) is 0 Å². The quantitative estimate of drug-likeness (QED) is 0.581. The first-order valence-corrected chi connectivity index (χ1v) is 2.75. The van der Waals surface area contributed by atoms with E-state index in [1.54, 1.807) is 0 Å². The van der Waals surface area contributed by atoms with Crippen LogP contribution < -0.4 is 0 Å². The molecular formula is C7H5CuNO. The molecule has 55 valence electrons. The van der Waals surface area contributed by atoms with Crippen molar-refractivity contribution in [1.82, 2.24) is 4.98 Å². The van der Waals surface area contributed by atoms with Gasteiger partial charge in [0.2, 0.25) is 0 Å². The minimum absolute atomic E-state index is 0. The molecule has 0 aliphatic rings. The standard InChI is InChI=1S/C7H5NO.Cu/c1-2-4-7-6(3-1)8-5-9-7;/h1-5H;. The van der Waals surface area contributed by atoms with Crippen molar-refractivity contribution in [2.24, 2.45) is 0 Å². The van der Waals surface area contributed by atoms with E-state index < -0.39 is 0 Å². The third-order valence-corrected chi connectivity index (χ3v) is 1.24. The van der Waals surface area contributed by atoms with E-state index in [4.69, 9.17) is 4.42 Å². The molecule has 1 heterocycles. The zero-order valence-electron chi connectivity index (χ0n) is 5.04. The molecule has 0 spiro atoms. The van der Waals surface area contributed by atoms with Crippen molar-refractivity contribution in [3.63, 3.8) is 0 Å². The van der Waals surface area contributed by atoms with Crippen LogP contribution in [-0.2, 0) is 17.1 Å². The Bertz CT molecular complexity index is 288. The van der Waals surface area contributed by atoms with Crippen LogP contribution in [-0.4, -0.2) is 4.98 Å². The second-order valence-corrected chi connectivity index (χ2v) is 1.82. The SMILES string of the molecule is [Cu].c1ccc2ocnc2c1. The minimum atomic E-state index is 0. The number of aromatic nitrogens is 1. The van der Waals surface area contributed by atoms with Gasteiger partial charge in [-0.3, -0.25) is 0 Å². The topological polar surface area (TPSA) is 26.0 Å². The Morgan fingerprint density at radius 3 is 2.80 bits per heavy atom. The van der Waals surface area contributed by atoms with E-state index >= 15 is 0 Å². The predicted octanol–water partition coefficient (Wildman–Crippen LogP) is 1.83. The zero-order chi connectivity index (χ0) is 6.10. The van der Waals surface area contributed by atoms with Gasteiger partial charge in [0.15, 0.2) is 12.0 Å². The van der Waals surface area contributed by atoms with Gasteiger partial charge >= 0.3 is 0 Å². The van der Waals surface area contributed by atoms with Gasteiger partial charge in [-0.1, -0.05) is 12.1 Å². The summed E-state index contributed by atoms with van der Waals surface area (Å²) in [7, 11) is 0. The second-order valence-electron chi connectivity index (χ2n) is 1.82. The number of hydrogen-bond donors (Lipinski definition) is 0. The Hall–Kier alpha value is -0.791. The number of nitrogens with zero attached hydrogens (tertiary/aromatic N) is 1. The summed E-state index contributed by atoms with van der Waals surface area (Å²) >= 11 is 0. The van der Waals surface area contributed by atoms with Crippen LogP contribution in [0.3, 0.4) is 0 Å². The molecule has 1 aromatic carbocycles. The summed E-state index contributed by atoms with van der Waals surface area (Å²) in [5, 5.41) is 0. The Labute approximate surface area is 68.7 Å². The molecule has 0 bridgehead atoms. The molecule has 2 aromatic rings. The minimum Gasteiger partial charge on any atom is -0.443 e. The predicted molar refractivity (Wildman–Crippen MR) is 34.0 cm³/mol. The van der Waals surface area contributed by atoms with Crippen molar-refractivity contribution < 1.29 is 21.5 Å².